The number of nitrogens with two attached hydrogens (primary N) is 1. The number of thiazole rings is 1. The van der Waals surface area contributed by atoms with Crippen LogP contribution < -0.4 is 10.6 Å². The van der Waals surface area contributed by atoms with E-state index < -0.39 is 0 Å². The third-order valence-corrected chi connectivity index (χ3v) is 4.98. The lowest BCUT2D eigenvalue weighted by molar-refractivity contribution is 0.203. The van der Waals surface area contributed by atoms with E-state index in [-0.39, 0.29) is 0 Å². The second-order valence-corrected chi connectivity index (χ2v) is 6.20. The molecular formula is C12H20N4S. The lowest BCUT2D eigenvalue weighted by atomic mass is 10.1. The number of piperazine rings is 1. The standard InChI is InChI=1S/C12H20N4S/c1-9-7-15-4-2-3-10(15)8-16(9)12-14-6-11(5-13)17-12/h6,9-10H,2-5,7-8,13H2,1H3. The minimum atomic E-state index is 0.570. The fourth-order valence-corrected chi connectivity index (χ4v) is 3.88. The van der Waals surface area contributed by atoms with Crippen LogP contribution in [-0.4, -0.2) is 41.6 Å². The molecule has 4 nitrogen and oxygen atoms in total. The van der Waals surface area contributed by atoms with E-state index in [0.717, 1.165) is 17.7 Å². The molecule has 0 amide bonds. The summed E-state index contributed by atoms with van der Waals surface area (Å²) in [6.45, 7) is 6.52. The van der Waals surface area contributed by atoms with E-state index in [2.05, 4.69) is 21.7 Å². The van der Waals surface area contributed by atoms with Crippen molar-refractivity contribution in [2.24, 2.45) is 5.73 Å². The van der Waals surface area contributed by atoms with Crippen LogP contribution in [0.15, 0.2) is 6.20 Å². The summed E-state index contributed by atoms with van der Waals surface area (Å²) in [7, 11) is 0. The molecule has 0 aliphatic carbocycles. The first-order valence-electron chi connectivity index (χ1n) is 6.43. The van der Waals surface area contributed by atoms with E-state index in [1.165, 1.54) is 30.8 Å². The minimum absolute atomic E-state index is 0.570. The molecule has 2 aliphatic heterocycles. The van der Waals surface area contributed by atoms with Gasteiger partial charge in [-0.25, -0.2) is 4.98 Å². The molecule has 17 heavy (non-hydrogen) atoms. The normalized spacial score (nSPS) is 29.6. The maximum absolute atomic E-state index is 5.66. The zero-order valence-electron chi connectivity index (χ0n) is 10.3. The van der Waals surface area contributed by atoms with Crippen LogP contribution in [0.1, 0.15) is 24.6 Å². The largest absolute Gasteiger partial charge is 0.343 e. The van der Waals surface area contributed by atoms with Crippen molar-refractivity contribution < 1.29 is 0 Å². The first-order valence-corrected chi connectivity index (χ1v) is 7.25. The highest BCUT2D eigenvalue weighted by Gasteiger charge is 2.35. The molecule has 0 aromatic carbocycles. The summed E-state index contributed by atoms with van der Waals surface area (Å²) in [5.74, 6) is 0. The van der Waals surface area contributed by atoms with Gasteiger partial charge >= 0.3 is 0 Å². The maximum atomic E-state index is 5.66. The van der Waals surface area contributed by atoms with Crippen molar-refractivity contribution >= 4 is 16.5 Å². The topological polar surface area (TPSA) is 45.4 Å². The lowest BCUT2D eigenvalue weighted by Crippen LogP contribution is -2.55. The van der Waals surface area contributed by atoms with Crippen LogP contribution in [0.2, 0.25) is 0 Å². The predicted octanol–water partition coefficient (Wildman–Crippen LogP) is 1.27. The minimum Gasteiger partial charge on any atom is -0.343 e. The molecule has 2 N–H and O–H groups in total. The maximum Gasteiger partial charge on any atom is 0.185 e. The average Bonchev–Trinajstić information content (AvgIpc) is 2.94. The number of anilines is 1. The van der Waals surface area contributed by atoms with Gasteiger partial charge in [0.2, 0.25) is 0 Å². The molecule has 2 saturated heterocycles. The molecule has 2 atom stereocenters. The molecule has 0 bridgehead atoms. The Kier molecular flexibility index (Phi) is 3.06. The van der Waals surface area contributed by atoms with E-state index >= 15 is 0 Å². The van der Waals surface area contributed by atoms with Crippen LogP contribution in [0.4, 0.5) is 5.13 Å². The number of fused-ring (bicyclic) bond motifs is 1. The Balaban J connectivity index is 1.77. The molecular weight excluding hydrogens is 232 g/mol. The van der Waals surface area contributed by atoms with Crippen LogP contribution >= 0.6 is 11.3 Å². The molecule has 3 rings (SSSR count). The van der Waals surface area contributed by atoms with Crippen LogP contribution in [0, 0.1) is 0 Å². The van der Waals surface area contributed by atoms with Gasteiger partial charge in [0.05, 0.1) is 0 Å². The van der Waals surface area contributed by atoms with Gasteiger partial charge in [-0.05, 0) is 26.3 Å². The van der Waals surface area contributed by atoms with Crippen molar-refractivity contribution in [3.63, 3.8) is 0 Å². The summed E-state index contributed by atoms with van der Waals surface area (Å²) in [5.41, 5.74) is 5.66. The van der Waals surface area contributed by atoms with Gasteiger partial charge in [-0.1, -0.05) is 0 Å². The molecule has 2 fully saturated rings. The molecule has 0 saturated carbocycles. The molecule has 1 aromatic heterocycles. The van der Waals surface area contributed by atoms with Gasteiger partial charge in [0.1, 0.15) is 0 Å². The molecule has 94 valence electrons. The Bertz CT molecular complexity index is 392. The highest BCUT2D eigenvalue weighted by molar-refractivity contribution is 7.15. The summed E-state index contributed by atoms with van der Waals surface area (Å²) in [6, 6.07) is 1.32. The van der Waals surface area contributed by atoms with Gasteiger partial charge in [0.25, 0.3) is 0 Å². The zero-order chi connectivity index (χ0) is 11.8. The summed E-state index contributed by atoms with van der Waals surface area (Å²) in [4.78, 5) is 10.8. The zero-order valence-corrected chi connectivity index (χ0v) is 11.1. The van der Waals surface area contributed by atoms with Crippen LogP contribution in [-0.2, 0) is 6.54 Å². The SMILES string of the molecule is CC1CN2CCCC2CN1c1ncc(CN)s1. The second kappa shape index (κ2) is 4.55. The van der Waals surface area contributed by atoms with E-state index in [0.29, 0.717) is 12.6 Å². The smallest absolute Gasteiger partial charge is 0.185 e. The second-order valence-electron chi connectivity index (χ2n) is 5.11. The Hall–Kier alpha value is -0.650. The lowest BCUT2D eigenvalue weighted by Gasteiger charge is -2.42. The number of rotatable bonds is 2. The Labute approximate surface area is 106 Å². The molecule has 2 unspecified atom stereocenters. The summed E-state index contributed by atoms with van der Waals surface area (Å²) < 4.78 is 0. The van der Waals surface area contributed by atoms with E-state index in [1.54, 1.807) is 11.3 Å². The highest BCUT2D eigenvalue weighted by atomic mass is 32.1. The Morgan fingerprint density at radius 2 is 2.41 bits per heavy atom. The monoisotopic (exact) mass is 252 g/mol. The Morgan fingerprint density at radius 3 is 3.18 bits per heavy atom. The van der Waals surface area contributed by atoms with Crippen LogP contribution in [0.25, 0.3) is 0 Å². The number of hydrogen-bond acceptors (Lipinski definition) is 5. The number of hydrogen-bond donors (Lipinski definition) is 1. The van der Waals surface area contributed by atoms with Crippen molar-refractivity contribution in [3.8, 4) is 0 Å². The van der Waals surface area contributed by atoms with Gasteiger partial charge in [0.15, 0.2) is 5.13 Å². The van der Waals surface area contributed by atoms with Crippen LogP contribution in [0.3, 0.4) is 0 Å². The van der Waals surface area contributed by atoms with Gasteiger partial charge in [-0.2, -0.15) is 0 Å². The van der Waals surface area contributed by atoms with Gasteiger partial charge in [0, 0.05) is 42.8 Å². The van der Waals surface area contributed by atoms with Gasteiger partial charge in [-0.3, -0.25) is 4.90 Å². The van der Waals surface area contributed by atoms with Gasteiger partial charge < -0.3 is 10.6 Å². The summed E-state index contributed by atoms with van der Waals surface area (Å²) >= 11 is 1.75. The van der Waals surface area contributed by atoms with Crippen molar-refractivity contribution in [2.75, 3.05) is 24.5 Å². The highest BCUT2D eigenvalue weighted by Crippen LogP contribution is 2.30. The van der Waals surface area contributed by atoms with Crippen molar-refractivity contribution in [2.45, 2.75) is 38.4 Å². The fourth-order valence-electron chi connectivity index (χ4n) is 2.98. The third-order valence-electron chi connectivity index (χ3n) is 3.93. The molecule has 0 spiro atoms. The van der Waals surface area contributed by atoms with Crippen molar-refractivity contribution in [1.82, 2.24) is 9.88 Å². The number of aromatic nitrogens is 1. The van der Waals surface area contributed by atoms with Crippen molar-refractivity contribution in [3.05, 3.63) is 11.1 Å². The molecule has 1 aromatic rings. The van der Waals surface area contributed by atoms with E-state index in [1.807, 2.05) is 6.20 Å². The predicted molar refractivity (Wildman–Crippen MR) is 71.4 cm³/mol. The first-order chi connectivity index (χ1) is 8.28. The quantitative estimate of drug-likeness (QED) is 0.861. The van der Waals surface area contributed by atoms with Crippen LogP contribution in [0.5, 0.6) is 0 Å². The Morgan fingerprint density at radius 1 is 1.53 bits per heavy atom. The van der Waals surface area contributed by atoms with Gasteiger partial charge in [-0.15, -0.1) is 11.3 Å². The number of nitrogens with zero attached hydrogens (tertiary/aromatic N) is 3. The van der Waals surface area contributed by atoms with Crippen molar-refractivity contribution in [1.29, 1.82) is 0 Å². The summed E-state index contributed by atoms with van der Waals surface area (Å²) in [6.07, 6.45) is 4.63. The first kappa shape index (κ1) is 11.4. The average molecular weight is 252 g/mol. The fraction of sp³-hybridized carbons (Fsp3) is 0.750. The molecule has 3 heterocycles. The third kappa shape index (κ3) is 2.07. The van der Waals surface area contributed by atoms with E-state index in [4.69, 9.17) is 5.73 Å². The molecule has 5 heteroatoms. The molecule has 0 radical (unpaired) electrons. The van der Waals surface area contributed by atoms with E-state index in [9.17, 15) is 0 Å². The molecule has 2 aliphatic rings. The summed E-state index contributed by atoms with van der Waals surface area (Å²) in [5, 5.41) is 1.16.